The predicted molar refractivity (Wildman–Crippen MR) is 169 cm³/mol. The van der Waals surface area contributed by atoms with E-state index in [1.54, 1.807) is 6.92 Å². The van der Waals surface area contributed by atoms with E-state index in [1.807, 2.05) is 6.07 Å². The Kier molecular flexibility index (Phi) is 10.9. The van der Waals surface area contributed by atoms with Crippen molar-refractivity contribution in [1.29, 1.82) is 0 Å². The van der Waals surface area contributed by atoms with Gasteiger partial charge in [0.2, 0.25) is 28.4 Å². The van der Waals surface area contributed by atoms with Crippen molar-refractivity contribution in [2.24, 2.45) is 5.73 Å². The van der Waals surface area contributed by atoms with Crippen LogP contribution in [0, 0.1) is 6.92 Å². The minimum Gasteiger partial charge on any atom is -0.543 e. The van der Waals surface area contributed by atoms with E-state index in [2.05, 4.69) is 78.4 Å². The molecule has 0 spiro atoms. The number of amides is 3. The third kappa shape index (κ3) is 8.43. The average molecular weight is 642 g/mol. The monoisotopic (exact) mass is 641 g/mol. The summed E-state index contributed by atoms with van der Waals surface area (Å²) in [6.07, 6.45) is -1.49. The molecule has 42 heavy (non-hydrogen) atoms. The highest BCUT2D eigenvalue weighted by Crippen LogP contribution is 2.45. The maximum atomic E-state index is 13.8. The van der Waals surface area contributed by atoms with Crippen molar-refractivity contribution in [3.8, 4) is 11.5 Å². The van der Waals surface area contributed by atoms with Crippen molar-refractivity contribution in [2.75, 3.05) is 12.4 Å². The number of nitrogens with two attached hydrogens (primary N) is 1. The molecule has 2 rings (SSSR count). The quantitative estimate of drug-likeness (QED) is 0.253. The van der Waals surface area contributed by atoms with Crippen LogP contribution < -0.4 is 25.2 Å². The Morgan fingerprint density at radius 3 is 2.05 bits per heavy atom. The van der Waals surface area contributed by atoms with Crippen molar-refractivity contribution in [3.05, 3.63) is 22.8 Å². The summed E-state index contributed by atoms with van der Waals surface area (Å²) in [5.41, 5.74) is 6.92. The second-order valence-electron chi connectivity index (χ2n) is 13.7. The molecule has 1 aromatic carbocycles. The number of carbonyl (C=O) groups is 4. The molecule has 5 N–H and O–H groups in total. The van der Waals surface area contributed by atoms with Gasteiger partial charge in [-0.2, -0.15) is 11.8 Å². The molecule has 3 amide bonds. The summed E-state index contributed by atoms with van der Waals surface area (Å²) in [5.74, 6) is -0.980. The molecule has 11 nitrogen and oxygen atoms in total. The van der Waals surface area contributed by atoms with Gasteiger partial charge in [-0.15, -0.1) is 0 Å². The molecule has 2 atom stereocenters. The lowest BCUT2D eigenvalue weighted by Crippen LogP contribution is -2.55. The Morgan fingerprint density at radius 2 is 1.57 bits per heavy atom. The van der Waals surface area contributed by atoms with Crippen LogP contribution in [0.4, 0.5) is 4.79 Å². The van der Waals surface area contributed by atoms with E-state index in [0.717, 1.165) is 0 Å². The lowest BCUT2D eigenvalue weighted by molar-refractivity contribution is -0.128. The maximum Gasteiger partial charge on any atom is 0.405 e. The van der Waals surface area contributed by atoms with Crippen molar-refractivity contribution < 1.29 is 37.9 Å². The number of ether oxygens (including phenoxy) is 1. The van der Waals surface area contributed by atoms with Crippen LogP contribution in [-0.4, -0.2) is 70.1 Å². The molecule has 1 aliphatic rings. The third-order valence-electron chi connectivity index (χ3n) is 8.34. The molecule has 1 aromatic rings. The second kappa shape index (κ2) is 12.9. The van der Waals surface area contributed by atoms with Gasteiger partial charge in [-0.3, -0.25) is 9.59 Å². The normalized spacial score (nSPS) is 19.3. The van der Waals surface area contributed by atoms with E-state index in [-0.39, 0.29) is 27.1 Å². The van der Waals surface area contributed by atoms with Crippen LogP contribution in [0.2, 0.25) is 36.3 Å². The van der Waals surface area contributed by atoms with Crippen molar-refractivity contribution in [2.45, 2.75) is 103 Å². The highest BCUT2D eigenvalue weighted by molar-refractivity contribution is 7.98. The SMILES string of the molecule is Cc1c(O[Si](C)(C)C(C)(C)C)cc(O[Si](C)(C)C(C)(C)C)c2c1C(=O)OC[C@H](NC(=O)O)C(=O)N[C@H](C(N)=O)CSC2. The fourth-order valence-corrected chi connectivity index (χ4v) is 6.77. The number of rotatable bonds is 6. The number of carbonyl (C=O) groups excluding carboxylic acids is 3. The number of nitrogens with one attached hydrogen (secondary N) is 2. The summed E-state index contributed by atoms with van der Waals surface area (Å²) < 4.78 is 19.1. The topological polar surface area (TPSA) is 166 Å². The van der Waals surface area contributed by atoms with Crippen LogP contribution >= 0.6 is 11.8 Å². The van der Waals surface area contributed by atoms with Crippen LogP contribution in [0.5, 0.6) is 11.5 Å². The van der Waals surface area contributed by atoms with Crippen LogP contribution in [-0.2, 0) is 20.1 Å². The number of carboxylic acid groups (broad SMARTS) is 1. The minimum atomic E-state index is -2.41. The van der Waals surface area contributed by atoms with Crippen LogP contribution in [0.15, 0.2) is 6.07 Å². The molecular formula is C28H47N3O8SSi2. The Morgan fingerprint density at radius 1 is 1.05 bits per heavy atom. The molecule has 0 fully saturated rings. The number of primary amides is 1. The number of thioether (sulfide) groups is 1. The van der Waals surface area contributed by atoms with Gasteiger partial charge in [0.05, 0.1) is 5.56 Å². The molecule has 0 radical (unpaired) electrons. The van der Waals surface area contributed by atoms with E-state index in [4.69, 9.17) is 19.3 Å². The minimum absolute atomic E-state index is 0.0934. The summed E-state index contributed by atoms with van der Waals surface area (Å²) in [4.78, 5) is 50.2. The number of hydrogen-bond acceptors (Lipinski definition) is 8. The van der Waals surface area contributed by atoms with Gasteiger partial charge in [0.25, 0.3) is 0 Å². The van der Waals surface area contributed by atoms with Gasteiger partial charge in [0.1, 0.15) is 30.2 Å². The zero-order valence-corrected chi connectivity index (χ0v) is 29.5. The summed E-state index contributed by atoms with van der Waals surface area (Å²) in [7, 11) is -4.77. The summed E-state index contributed by atoms with van der Waals surface area (Å²) in [5, 5.41) is 13.5. The van der Waals surface area contributed by atoms with Crippen LogP contribution in [0.25, 0.3) is 0 Å². The van der Waals surface area contributed by atoms with E-state index < -0.39 is 59.2 Å². The molecule has 0 bridgehead atoms. The lowest BCUT2D eigenvalue weighted by Gasteiger charge is -2.39. The molecule has 0 saturated heterocycles. The van der Waals surface area contributed by atoms with E-state index in [1.165, 1.54) is 11.8 Å². The first-order chi connectivity index (χ1) is 19.0. The Hall–Kier alpha value is -2.72. The van der Waals surface area contributed by atoms with Crippen molar-refractivity contribution in [3.63, 3.8) is 0 Å². The number of benzene rings is 1. The smallest absolute Gasteiger partial charge is 0.405 e. The first kappa shape index (κ1) is 35.5. The second-order valence-corrected chi connectivity index (χ2v) is 24.1. The van der Waals surface area contributed by atoms with Gasteiger partial charge in [-0.05, 0) is 43.2 Å². The van der Waals surface area contributed by atoms with E-state index in [0.29, 0.717) is 22.6 Å². The Labute approximate surface area is 255 Å². The predicted octanol–water partition coefficient (Wildman–Crippen LogP) is 4.77. The molecule has 14 heteroatoms. The maximum absolute atomic E-state index is 13.8. The zero-order chi connectivity index (χ0) is 32.4. The Balaban J connectivity index is 2.81. The van der Waals surface area contributed by atoms with Gasteiger partial charge in [0, 0.05) is 28.7 Å². The summed E-state index contributed by atoms with van der Waals surface area (Å²) in [6, 6.07) is -0.681. The van der Waals surface area contributed by atoms with Gasteiger partial charge in [0.15, 0.2) is 0 Å². The average Bonchev–Trinajstić information content (AvgIpc) is 2.80. The fourth-order valence-electron chi connectivity index (χ4n) is 3.57. The van der Waals surface area contributed by atoms with Gasteiger partial charge in [-0.25, -0.2) is 9.59 Å². The lowest BCUT2D eigenvalue weighted by atomic mass is 10.0. The molecule has 0 aromatic heterocycles. The molecule has 236 valence electrons. The molecule has 0 unspecified atom stereocenters. The molecule has 0 aliphatic carbocycles. The number of cyclic esters (lactones) is 1. The van der Waals surface area contributed by atoms with Gasteiger partial charge in [-0.1, -0.05) is 41.5 Å². The highest BCUT2D eigenvalue weighted by atomic mass is 32.2. The number of hydrogen-bond donors (Lipinski definition) is 4. The summed E-state index contributed by atoms with van der Waals surface area (Å²) >= 11 is 1.29. The third-order valence-corrected chi connectivity index (χ3v) is 18.1. The molecule has 1 heterocycles. The molecule has 0 saturated carbocycles. The van der Waals surface area contributed by atoms with Crippen LogP contribution in [0.1, 0.15) is 63.0 Å². The van der Waals surface area contributed by atoms with Crippen molar-refractivity contribution >= 4 is 52.3 Å². The Bertz CT molecular complexity index is 1220. The summed E-state index contributed by atoms with van der Waals surface area (Å²) in [6.45, 7) is 22.3. The van der Waals surface area contributed by atoms with Gasteiger partial charge < -0.3 is 35.1 Å². The van der Waals surface area contributed by atoms with Crippen LogP contribution in [0.3, 0.4) is 0 Å². The first-order valence-corrected chi connectivity index (χ1v) is 20.8. The molecule has 1 aliphatic heterocycles. The molecular weight excluding hydrogens is 595 g/mol. The standard InChI is InChI=1S/C28H47N3O8SSi2/c1-16-20(38-41(8,9)27(2,3)4)12-21(39-42(10,11)28(5,6)7)17-14-40-15-19(23(29)32)30-24(33)18(31-26(35)36)13-37-25(34)22(16)17/h12,18-19,31H,13-15H2,1-11H3,(H2,29,32)(H,30,33)(H,35,36)/t18-,19-/m0/s1. The fraction of sp³-hybridized carbons (Fsp3) is 0.643. The zero-order valence-electron chi connectivity index (χ0n) is 26.6. The highest BCUT2D eigenvalue weighted by Gasteiger charge is 2.42. The van der Waals surface area contributed by atoms with E-state index in [9.17, 15) is 24.3 Å². The largest absolute Gasteiger partial charge is 0.543 e. The van der Waals surface area contributed by atoms with Gasteiger partial charge >= 0.3 is 12.1 Å². The first-order valence-electron chi connectivity index (χ1n) is 13.9. The number of esters is 1. The number of fused-ring (bicyclic) bond motifs is 1. The van der Waals surface area contributed by atoms with E-state index >= 15 is 0 Å². The van der Waals surface area contributed by atoms with Crippen molar-refractivity contribution in [1.82, 2.24) is 10.6 Å².